The third-order valence-electron chi connectivity index (χ3n) is 3.87. The molecule has 0 aromatic carbocycles. The van der Waals surface area contributed by atoms with Gasteiger partial charge in [0.05, 0.1) is 0 Å². The van der Waals surface area contributed by atoms with E-state index in [2.05, 4.69) is 0 Å². The summed E-state index contributed by atoms with van der Waals surface area (Å²) in [4.78, 5) is 24.4. The fourth-order valence-corrected chi connectivity index (χ4v) is 2.83. The lowest BCUT2D eigenvalue weighted by Gasteiger charge is -2.32. The van der Waals surface area contributed by atoms with Gasteiger partial charge in [-0.25, -0.2) is 0 Å². The van der Waals surface area contributed by atoms with Gasteiger partial charge in [0.1, 0.15) is 0 Å². The maximum absolute atomic E-state index is 11.5. The Bertz CT molecular complexity index is 274. The van der Waals surface area contributed by atoms with E-state index in [1.165, 1.54) is 4.90 Å². The molecule has 0 radical (unpaired) electrons. The van der Waals surface area contributed by atoms with E-state index in [4.69, 9.17) is 0 Å². The van der Waals surface area contributed by atoms with Crippen LogP contribution in [0, 0.1) is 11.8 Å². The SMILES string of the molecule is O=C1CCC(=O)N1CC1CCCCC1CO. The van der Waals surface area contributed by atoms with Crippen LogP contribution in [0.25, 0.3) is 0 Å². The second kappa shape index (κ2) is 4.95. The average molecular weight is 225 g/mol. The number of carbonyl (C=O) groups is 2. The molecule has 1 heterocycles. The maximum Gasteiger partial charge on any atom is 0.229 e. The van der Waals surface area contributed by atoms with E-state index in [9.17, 15) is 14.7 Å². The molecular weight excluding hydrogens is 206 g/mol. The number of aliphatic hydroxyl groups excluding tert-OH is 1. The van der Waals surface area contributed by atoms with Gasteiger partial charge < -0.3 is 5.11 Å². The quantitative estimate of drug-likeness (QED) is 0.727. The van der Waals surface area contributed by atoms with E-state index in [1.54, 1.807) is 0 Å². The first kappa shape index (κ1) is 11.6. The summed E-state index contributed by atoms with van der Waals surface area (Å²) in [6, 6.07) is 0. The Morgan fingerprint density at radius 1 is 1.06 bits per heavy atom. The molecule has 0 bridgehead atoms. The minimum absolute atomic E-state index is 0.0349. The molecule has 1 aliphatic carbocycles. The van der Waals surface area contributed by atoms with E-state index in [0.717, 1.165) is 25.7 Å². The number of aliphatic hydroxyl groups is 1. The third kappa shape index (κ3) is 2.26. The molecule has 4 nitrogen and oxygen atoms in total. The zero-order valence-electron chi connectivity index (χ0n) is 9.52. The molecular formula is C12H19NO3. The van der Waals surface area contributed by atoms with Gasteiger partial charge in [0.15, 0.2) is 0 Å². The molecule has 16 heavy (non-hydrogen) atoms. The fraction of sp³-hybridized carbons (Fsp3) is 0.833. The number of imide groups is 1. The Labute approximate surface area is 95.6 Å². The Kier molecular flexibility index (Phi) is 3.59. The number of hydrogen-bond donors (Lipinski definition) is 1. The largest absolute Gasteiger partial charge is 0.396 e. The van der Waals surface area contributed by atoms with E-state index >= 15 is 0 Å². The van der Waals surface area contributed by atoms with Gasteiger partial charge in [-0.15, -0.1) is 0 Å². The first-order valence-corrected chi connectivity index (χ1v) is 6.16. The third-order valence-corrected chi connectivity index (χ3v) is 3.87. The molecule has 0 aromatic rings. The molecule has 0 spiro atoms. The van der Waals surface area contributed by atoms with Crippen LogP contribution >= 0.6 is 0 Å². The average Bonchev–Trinajstić information content (AvgIpc) is 2.61. The van der Waals surface area contributed by atoms with Gasteiger partial charge in [0.25, 0.3) is 0 Å². The van der Waals surface area contributed by atoms with Crippen LogP contribution in [0.2, 0.25) is 0 Å². The molecule has 90 valence electrons. The van der Waals surface area contributed by atoms with Crippen LogP contribution < -0.4 is 0 Å². The van der Waals surface area contributed by atoms with Crippen LogP contribution in [0.3, 0.4) is 0 Å². The molecule has 1 aliphatic heterocycles. The summed E-state index contributed by atoms with van der Waals surface area (Å²) in [7, 11) is 0. The molecule has 2 atom stereocenters. The zero-order valence-corrected chi connectivity index (χ0v) is 9.52. The molecule has 2 aliphatic rings. The lowest BCUT2D eigenvalue weighted by Crippen LogP contribution is -2.38. The van der Waals surface area contributed by atoms with Crippen molar-refractivity contribution in [3.05, 3.63) is 0 Å². The van der Waals surface area contributed by atoms with Gasteiger partial charge >= 0.3 is 0 Å². The molecule has 4 heteroatoms. The number of carbonyl (C=O) groups excluding carboxylic acids is 2. The molecule has 1 N–H and O–H groups in total. The van der Waals surface area contributed by atoms with Crippen molar-refractivity contribution in [3.8, 4) is 0 Å². The summed E-state index contributed by atoms with van der Waals surface area (Å²) in [5, 5.41) is 9.28. The minimum Gasteiger partial charge on any atom is -0.396 e. The van der Waals surface area contributed by atoms with Gasteiger partial charge in [-0.2, -0.15) is 0 Å². The Morgan fingerprint density at radius 3 is 2.19 bits per heavy atom. The van der Waals surface area contributed by atoms with Gasteiger partial charge in [-0.05, 0) is 24.7 Å². The van der Waals surface area contributed by atoms with Gasteiger partial charge in [0.2, 0.25) is 11.8 Å². The number of likely N-dealkylation sites (tertiary alicyclic amines) is 1. The molecule has 1 saturated carbocycles. The molecule has 0 aromatic heterocycles. The number of hydrogen-bond acceptors (Lipinski definition) is 3. The van der Waals surface area contributed by atoms with E-state index in [0.29, 0.717) is 25.3 Å². The van der Waals surface area contributed by atoms with Crippen molar-refractivity contribution in [2.75, 3.05) is 13.2 Å². The Morgan fingerprint density at radius 2 is 1.62 bits per heavy atom. The van der Waals surface area contributed by atoms with Gasteiger partial charge in [0, 0.05) is 26.0 Å². The maximum atomic E-state index is 11.5. The molecule has 1 saturated heterocycles. The van der Waals surface area contributed by atoms with Crippen molar-refractivity contribution in [1.82, 2.24) is 4.90 Å². The van der Waals surface area contributed by atoms with Crippen LogP contribution in [-0.2, 0) is 9.59 Å². The molecule has 2 unspecified atom stereocenters. The topological polar surface area (TPSA) is 57.6 Å². The minimum atomic E-state index is -0.0349. The smallest absolute Gasteiger partial charge is 0.229 e. The summed E-state index contributed by atoms with van der Waals surface area (Å²) >= 11 is 0. The first-order chi connectivity index (χ1) is 7.72. The van der Waals surface area contributed by atoms with Crippen molar-refractivity contribution in [2.45, 2.75) is 38.5 Å². The molecule has 2 rings (SSSR count). The summed E-state index contributed by atoms with van der Waals surface area (Å²) in [6.45, 7) is 0.712. The highest BCUT2D eigenvalue weighted by Crippen LogP contribution is 2.31. The van der Waals surface area contributed by atoms with Crippen LogP contribution in [0.1, 0.15) is 38.5 Å². The zero-order chi connectivity index (χ0) is 11.5. The lowest BCUT2D eigenvalue weighted by atomic mass is 9.79. The summed E-state index contributed by atoms with van der Waals surface area (Å²) in [5.41, 5.74) is 0. The number of nitrogens with zero attached hydrogens (tertiary/aromatic N) is 1. The highest BCUT2D eigenvalue weighted by molar-refractivity contribution is 6.01. The van der Waals surface area contributed by atoms with Crippen molar-refractivity contribution in [3.63, 3.8) is 0 Å². The molecule has 2 amide bonds. The summed E-state index contributed by atoms with van der Waals surface area (Å²) in [5.74, 6) is 0.513. The van der Waals surface area contributed by atoms with E-state index in [-0.39, 0.29) is 24.3 Å². The number of rotatable bonds is 3. The van der Waals surface area contributed by atoms with Crippen molar-refractivity contribution in [2.24, 2.45) is 11.8 Å². The van der Waals surface area contributed by atoms with Gasteiger partial charge in [-0.3, -0.25) is 14.5 Å². The lowest BCUT2D eigenvalue weighted by molar-refractivity contribution is -0.139. The van der Waals surface area contributed by atoms with E-state index in [1.807, 2.05) is 0 Å². The normalized spacial score (nSPS) is 31.2. The molecule has 2 fully saturated rings. The number of amides is 2. The van der Waals surface area contributed by atoms with Crippen LogP contribution in [0.4, 0.5) is 0 Å². The fourth-order valence-electron chi connectivity index (χ4n) is 2.83. The van der Waals surface area contributed by atoms with Crippen LogP contribution in [-0.4, -0.2) is 35.0 Å². The second-order valence-electron chi connectivity index (χ2n) is 4.89. The highest BCUT2D eigenvalue weighted by atomic mass is 16.3. The van der Waals surface area contributed by atoms with Crippen LogP contribution in [0.5, 0.6) is 0 Å². The van der Waals surface area contributed by atoms with Crippen molar-refractivity contribution >= 4 is 11.8 Å². The Hall–Kier alpha value is -0.900. The summed E-state index contributed by atoms with van der Waals surface area (Å²) in [6.07, 6.45) is 5.10. The predicted octanol–water partition coefficient (Wildman–Crippen LogP) is 0.934. The second-order valence-corrected chi connectivity index (χ2v) is 4.89. The van der Waals surface area contributed by atoms with Crippen molar-refractivity contribution < 1.29 is 14.7 Å². The predicted molar refractivity (Wildman–Crippen MR) is 58.5 cm³/mol. The van der Waals surface area contributed by atoms with Crippen LogP contribution in [0.15, 0.2) is 0 Å². The first-order valence-electron chi connectivity index (χ1n) is 6.16. The van der Waals surface area contributed by atoms with Gasteiger partial charge in [-0.1, -0.05) is 12.8 Å². The van der Waals surface area contributed by atoms with Crippen molar-refractivity contribution in [1.29, 1.82) is 0 Å². The monoisotopic (exact) mass is 225 g/mol. The Balaban J connectivity index is 1.96. The highest BCUT2D eigenvalue weighted by Gasteiger charge is 2.34. The van der Waals surface area contributed by atoms with E-state index < -0.39 is 0 Å². The summed E-state index contributed by atoms with van der Waals surface area (Å²) < 4.78 is 0. The standard InChI is InChI=1S/C12H19NO3/c14-8-10-4-2-1-3-9(10)7-13-11(15)5-6-12(13)16/h9-10,14H,1-8H2.